The Labute approximate surface area is 188 Å². The van der Waals surface area contributed by atoms with E-state index in [0.29, 0.717) is 11.4 Å². The fourth-order valence-corrected chi connectivity index (χ4v) is 4.02. The third-order valence-corrected chi connectivity index (χ3v) is 6.12. The van der Waals surface area contributed by atoms with Gasteiger partial charge in [0.05, 0.1) is 29.2 Å². The predicted octanol–water partition coefficient (Wildman–Crippen LogP) is 1.50. The molecule has 4 heterocycles. The van der Waals surface area contributed by atoms with Crippen LogP contribution >= 0.6 is 0 Å². The highest BCUT2D eigenvalue weighted by Gasteiger charge is 2.44. The number of benzene rings is 1. The standard InChI is InChI=1S/C22H21N7O4/c1-3-12(2)27-10-13(9-23-27)17-11-28(26-25-17)14-4-5-15-16(8-14)22(33)29(21(15)32)18-6-7-19(30)24-20(18)31/h4-5,8-12,18H,3,6-7H2,1-2H3,(H,24,30,31). The molecule has 1 aromatic carbocycles. The van der Waals surface area contributed by atoms with Gasteiger partial charge in [-0.3, -0.25) is 34.1 Å². The highest BCUT2D eigenvalue weighted by atomic mass is 16.2. The normalized spacial score (nSPS) is 19.1. The van der Waals surface area contributed by atoms with Crippen molar-refractivity contribution in [3.8, 4) is 16.9 Å². The summed E-state index contributed by atoms with van der Waals surface area (Å²) in [5.41, 5.74) is 2.39. The van der Waals surface area contributed by atoms with Crippen molar-refractivity contribution in [1.29, 1.82) is 0 Å². The van der Waals surface area contributed by atoms with Gasteiger partial charge >= 0.3 is 0 Å². The van der Waals surface area contributed by atoms with Gasteiger partial charge in [-0.25, -0.2) is 4.68 Å². The molecule has 2 atom stereocenters. The summed E-state index contributed by atoms with van der Waals surface area (Å²) in [5, 5.41) is 14.9. The van der Waals surface area contributed by atoms with Crippen LogP contribution in [0.3, 0.4) is 0 Å². The monoisotopic (exact) mass is 447 g/mol. The summed E-state index contributed by atoms with van der Waals surface area (Å²) in [5.74, 6) is -2.17. The van der Waals surface area contributed by atoms with Crippen LogP contribution in [0, 0.1) is 0 Å². The second-order valence-electron chi connectivity index (χ2n) is 8.19. The van der Waals surface area contributed by atoms with Crippen molar-refractivity contribution in [3.05, 3.63) is 47.9 Å². The summed E-state index contributed by atoms with van der Waals surface area (Å²) in [4.78, 5) is 50.5. The highest BCUT2D eigenvalue weighted by Crippen LogP contribution is 2.29. The van der Waals surface area contributed by atoms with Gasteiger partial charge in [-0.05, 0) is 38.0 Å². The number of hydrogen-bond acceptors (Lipinski definition) is 7. The zero-order chi connectivity index (χ0) is 23.3. The lowest BCUT2D eigenvalue weighted by atomic mass is 10.0. The fraction of sp³-hybridized carbons (Fsp3) is 0.318. The van der Waals surface area contributed by atoms with Crippen molar-refractivity contribution in [3.63, 3.8) is 0 Å². The van der Waals surface area contributed by atoms with E-state index in [2.05, 4.69) is 34.6 Å². The second kappa shape index (κ2) is 7.76. The maximum Gasteiger partial charge on any atom is 0.262 e. The predicted molar refractivity (Wildman–Crippen MR) is 114 cm³/mol. The molecule has 168 valence electrons. The average Bonchev–Trinajstić information content (AvgIpc) is 3.53. The number of hydrogen-bond donors (Lipinski definition) is 1. The first-order chi connectivity index (χ1) is 15.9. The maximum atomic E-state index is 13.0. The molecule has 2 aliphatic heterocycles. The molecule has 0 bridgehead atoms. The maximum absolute atomic E-state index is 13.0. The third-order valence-electron chi connectivity index (χ3n) is 6.12. The summed E-state index contributed by atoms with van der Waals surface area (Å²) in [6.45, 7) is 4.16. The summed E-state index contributed by atoms with van der Waals surface area (Å²) >= 11 is 0. The van der Waals surface area contributed by atoms with Crippen LogP contribution in [0.1, 0.15) is 59.9 Å². The number of nitrogens with one attached hydrogen (secondary N) is 1. The van der Waals surface area contributed by atoms with Crippen LogP contribution in [-0.4, -0.2) is 59.3 Å². The molecule has 33 heavy (non-hydrogen) atoms. The van der Waals surface area contributed by atoms with Crippen LogP contribution in [0.2, 0.25) is 0 Å². The number of nitrogens with zero attached hydrogens (tertiary/aromatic N) is 6. The number of rotatable bonds is 5. The molecule has 0 saturated carbocycles. The number of aromatic nitrogens is 5. The number of carbonyl (C=O) groups excluding carboxylic acids is 4. The molecule has 0 radical (unpaired) electrons. The van der Waals surface area contributed by atoms with Gasteiger partial charge in [0.2, 0.25) is 11.8 Å². The lowest BCUT2D eigenvalue weighted by Gasteiger charge is -2.27. The topological polar surface area (TPSA) is 132 Å². The van der Waals surface area contributed by atoms with Crippen LogP contribution in [0.15, 0.2) is 36.8 Å². The van der Waals surface area contributed by atoms with Gasteiger partial charge in [0.15, 0.2) is 0 Å². The molecule has 5 rings (SSSR count). The zero-order valence-corrected chi connectivity index (χ0v) is 18.1. The summed E-state index contributed by atoms with van der Waals surface area (Å²) in [6, 6.07) is 4.03. The Balaban J connectivity index is 1.42. The Morgan fingerprint density at radius 3 is 2.67 bits per heavy atom. The Morgan fingerprint density at radius 1 is 1.12 bits per heavy atom. The Hall–Kier alpha value is -4.15. The third kappa shape index (κ3) is 3.41. The van der Waals surface area contributed by atoms with Gasteiger partial charge in [0, 0.05) is 24.2 Å². The summed E-state index contributed by atoms with van der Waals surface area (Å²) in [6.07, 6.45) is 6.49. The molecule has 11 nitrogen and oxygen atoms in total. The first kappa shape index (κ1) is 20.7. The molecule has 11 heteroatoms. The average molecular weight is 447 g/mol. The van der Waals surface area contributed by atoms with E-state index in [1.165, 1.54) is 4.68 Å². The van der Waals surface area contributed by atoms with Crippen LogP contribution in [0.5, 0.6) is 0 Å². The van der Waals surface area contributed by atoms with Crippen molar-refractivity contribution < 1.29 is 19.2 Å². The van der Waals surface area contributed by atoms with Gasteiger partial charge in [-0.1, -0.05) is 12.1 Å². The number of carbonyl (C=O) groups is 4. The fourth-order valence-electron chi connectivity index (χ4n) is 4.02. The zero-order valence-electron chi connectivity index (χ0n) is 18.1. The molecule has 0 aliphatic carbocycles. The van der Waals surface area contributed by atoms with E-state index in [1.54, 1.807) is 30.6 Å². The van der Waals surface area contributed by atoms with E-state index < -0.39 is 29.7 Å². The SMILES string of the molecule is CCC(C)n1cc(-c2cn(-c3ccc4c(c3)C(=O)N(C3CCC(=O)NC3=O)C4=O)nn2)cn1. The van der Waals surface area contributed by atoms with E-state index in [4.69, 9.17) is 0 Å². The van der Waals surface area contributed by atoms with Crippen LogP contribution in [0.25, 0.3) is 16.9 Å². The van der Waals surface area contributed by atoms with Crippen molar-refractivity contribution in [1.82, 2.24) is 35.0 Å². The van der Waals surface area contributed by atoms with E-state index in [9.17, 15) is 19.2 Å². The molecule has 1 fully saturated rings. The first-order valence-electron chi connectivity index (χ1n) is 10.7. The molecular weight excluding hydrogens is 426 g/mol. The summed E-state index contributed by atoms with van der Waals surface area (Å²) in [7, 11) is 0. The van der Waals surface area contributed by atoms with Gasteiger partial charge in [-0.15, -0.1) is 5.10 Å². The van der Waals surface area contributed by atoms with Crippen molar-refractivity contribution in [2.24, 2.45) is 0 Å². The lowest BCUT2D eigenvalue weighted by Crippen LogP contribution is -2.54. The summed E-state index contributed by atoms with van der Waals surface area (Å²) < 4.78 is 3.39. The van der Waals surface area contributed by atoms with E-state index in [0.717, 1.165) is 16.9 Å². The van der Waals surface area contributed by atoms with Crippen molar-refractivity contribution >= 4 is 23.6 Å². The molecule has 2 aromatic heterocycles. The number of fused-ring (bicyclic) bond motifs is 1. The Bertz CT molecular complexity index is 1310. The molecule has 4 amide bonds. The minimum absolute atomic E-state index is 0.0738. The van der Waals surface area contributed by atoms with Gasteiger partial charge in [0.1, 0.15) is 11.7 Å². The minimum Gasteiger partial charge on any atom is -0.295 e. The molecule has 1 N–H and O–H groups in total. The van der Waals surface area contributed by atoms with E-state index in [1.807, 2.05) is 10.9 Å². The number of imide groups is 2. The van der Waals surface area contributed by atoms with E-state index in [-0.39, 0.29) is 30.0 Å². The quantitative estimate of drug-likeness (QED) is 0.586. The second-order valence-corrected chi connectivity index (χ2v) is 8.19. The van der Waals surface area contributed by atoms with Crippen LogP contribution < -0.4 is 5.32 Å². The van der Waals surface area contributed by atoms with E-state index >= 15 is 0 Å². The van der Waals surface area contributed by atoms with Gasteiger partial charge in [0.25, 0.3) is 11.8 Å². The molecule has 1 saturated heterocycles. The van der Waals surface area contributed by atoms with Crippen LogP contribution in [-0.2, 0) is 9.59 Å². The molecule has 0 spiro atoms. The molecule has 2 unspecified atom stereocenters. The molecule has 3 aromatic rings. The largest absolute Gasteiger partial charge is 0.295 e. The van der Waals surface area contributed by atoms with Gasteiger partial charge in [-0.2, -0.15) is 5.10 Å². The Kier molecular flexibility index (Phi) is 4.88. The number of amides is 4. The first-order valence-corrected chi connectivity index (χ1v) is 10.7. The lowest BCUT2D eigenvalue weighted by molar-refractivity contribution is -0.136. The highest BCUT2D eigenvalue weighted by molar-refractivity contribution is 6.23. The molecule has 2 aliphatic rings. The minimum atomic E-state index is -1.00. The Morgan fingerprint density at radius 2 is 1.91 bits per heavy atom. The van der Waals surface area contributed by atoms with Crippen LogP contribution in [0.4, 0.5) is 0 Å². The smallest absolute Gasteiger partial charge is 0.262 e. The molecular formula is C22H21N7O4. The van der Waals surface area contributed by atoms with Gasteiger partial charge < -0.3 is 0 Å². The number of piperidine rings is 1. The van der Waals surface area contributed by atoms with Crippen molar-refractivity contribution in [2.45, 2.75) is 45.2 Å². The van der Waals surface area contributed by atoms with Crippen molar-refractivity contribution in [2.75, 3.05) is 0 Å².